The highest BCUT2D eigenvalue weighted by atomic mass is 14.4. The van der Waals surface area contributed by atoms with Gasteiger partial charge in [-0.15, -0.1) is 12.1 Å². The van der Waals surface area contributed by atoms with Gasteiger partial charge < -0.3 is 0 Å². The first-order chi connectivity index (χ1) is 10.00. The van der Waals surface area contributed by atoms with Crippen molar-refractivity contribution in [2.24, 2.45) is 21.7 Å². The van der Waals surface area contributed by atoms with Crippen LogP contribution in [0.25, 0.3) is 0 Å². The first kappa shape index (κ1) is 22.6. The number of allylic oxidation sites excluding steroid dienone is 2. The van der Waals surface area contributed by atoms with Gasteiger partial charge >= 0.3 is 0 Å². The standard InChI is InChI=1S/C21H39B2/c1-16(12-18(3,4)5)21(10,11)15-20(8,9)14-19(6,7)13-17(2)23-22/h1-2,12-15H2,3-11H3. The second kappa shape index (κ2) is 7.66. The van der Waals surface area contributed by atoms with E-state index in [1.165, 1.54) is 5.57 Å². The second-order valence-corrected chi connectivity index (χ2v) is 10.9. The van der Waals surface area contributed by atoms with Gasteiger partial charge in [-0.2, -0.15) is 0 Å². The summed E-state index contributed by atoms with van der Waals surface area (Å²) in [6.07, 6.45) is 4.34. The lowest BCUT2D eigenvalue weighted by Crippen LogP contribution is -2.31. The lowest BCUT2D eigenvalue weighted by atomic mass is 9.48. The van der Waals surface area contributed by atoms with Crippen LogP contribution < -0.4 is 0 Å². The average Bonchev–Trinajstić information content (AvgIpc) is 2.21. The van der Waals surface area contributed by atoms with Crippen LogP contribution in [-0.4, -0.2) is 14.9 Å². The Balaban J connectivity index is 4.95. The van der Waals surface area contributed by atoms with E-state index in [-0.39, 0.29) is 16.2 Å². The quantitative estimate of drug-likeness (QED) is 0.335. The Morgan fingerprint density at radius 1 is 0.783 bits per heavy atom. The molecular weight excluding hydrogens is 274 g/mol. The zero-order chi connectivity index (χ0) is 18.7. The fourth-order valence-electron chi connectivity index (χ4n) is 4.29. The van der Waals surface area contributed by atoms with Gasteiger partial charge in [0.2, 0.25) is 0 Å². The van der Waals surface area contributed by atoms with Crippen molar-refractivity contribution >= 4 is 14.9 Å². The molecule has 0 aliphatic heterocycles. The van der Waals surface area contributed by atoms with Gasteiger partial charge in [-0.3, -0.25) is 0 Å². The highest BCUT2D eigenvalue weighted by Gasteiger charge is 2.35. The van der Waals surface area contributed by atoms with Gasteiger partial charge in [0.25, 0.3) is 0 Å². The summed E-state index contributed by atoms with van der Waals surface area (Å²) < 4.78 is 0. The first-order valence-corrected chi connectivity index (χ1v) is 8.91. The summed E-state index contributed by atoms with van der Waals surface area (Å²) in [7, 11) is 7.25. The van der Waals surface area contributed by atoms with Crippen molar-refractivity contribution in [1.29, 1.82) is 0 Å². The molecule has 0 unspecified atom stereocenters. The van der Waals surface area contributed by atoms with Crippen molar-refractivity contribution in [1.82, 2.24) is 0 Å². The minimum Gasteiger partial charge on any atom is -0.126 e. The molecule has 0 rings (SSSR count). The Kier molecular flexibility index (Phi) is 7.53. The summed E-state index contributed by atoms with van der Waals surface area (Å²) in [5, 5.41) is 0. The Bertz CT molecular complexity index is 420. The predicted octanol–water partition coefficient (Wildman–Crippen LogP) is 6.53. The molecule has 23 heavy (non-hydrogen) atoms. The maximum absolute atomic E-state index is 5.61. The van der Waals surface area contributed by atoms with Crippen LogP contribution in [0.4, 0.5) is 0 Å². The largest absolute Gasteiger partial charge is 0.126 e. The Hall–Kier alpha value is -0.390. The molecule has 0 amide bonds. The molecule has 0 saturated carbocycles. The molecule has 0 aromatic rings. The molecule has 0 aromatic heterocycles. The molecule has 0 heterocycles. The lowest BCUT2D eigenvalue weighted by molar-refractivity contribution is 0.136. The monoisotopic (exact) mass is 313 g/mol. The Morgan fingerprint density at radius 2 is 1.26 bits per heavy atom. The molecule has 0 atom stereocenters. The van der Waals surface area contributed by atoms with Crippen molar-refractivity contribution in [3.05, 3.63) is 24.2 Å². The highest BCUT2D eigenvalue weighted by Crippen LogP contribution is 2.47. The fourth-order valence-corrected chi connectivity index (χ4v) is 4.29. The SMILES string of the molecule is [B][B]C(=C)CC(C)(C)CC(C)(C)CC(C)(C)C(=C)CC(C)(C)C. The van der Waals surface area contributed by atoms with E-state index < -0.39 is 0 Å². The third-order valence-electron chi connectivity index (χ3n) is 4.52. The van der Waals surface area contributed by atoms with Crippen LogP contribution in [0.3, 0.4) is 0 Å². The van der Waals surface area contributed by atoms with E-state index in [1.807, 2.05) is 0 Å². The molecule has 0 nitrogen and oxygen atoms in total. The summed E-state index contributed by atoms with van der Waals surface area (Å²) >= 11 is 0. The predicted molar refractivity (Wildman–Crippen MR) is 109 cm³/mol. The zero-order valence-corrected chi connectivity index (χ0v) is 17.4. The van der Waals surface area contributed by atoms with Crippen LogP contribution >= 0.6 is 0 Å². The van der Waals surface area contributed by atoms with E-state index in [1.54, 1.807) is 7.17 Å². The third-order valence-corrected chi connectivity index (χ3v) is 4.52. The molecule has 129 valence electrons. The van der Waals surface area contributed by atoms with Crippen molar-refractivity contribution in [2.45, 2.75) is 88.0 Å². The van der Waals surface area contributed by atoms with Crippen molar-refractivity contribution < 1.29 is 0 Å². The van der Waals surface area contributed by atoms with Gasteiger partial charge in [0.05, 0.1) is 7.17 Å². The molecule has 0 fully saturated rings. The van der Waals surface area contributed by atoms with Crippen LogP contribution in [0.1, 0.15) is 88.0 Å². The Labute approximate surface area is 149 Å². The minimum atomic E-state index is 0.157. The van der Waals surface area contributed by atoms with Crippen LogP contribution in [0.15, 0.2) is 24.2 Å². The second-order valence-electron chi connectivity index (χ2n) is 10.9. The third kappa shape index (κ3) is 9.48. The number of rotatable bonds is 9. The van der Waals surface area contributed by atoms with Gasteiger partial charge in [-0.25, -0.2) is 0 Å². The Morgan fingerprint density at radius 3 is 1.65 bits per heavy atom. The topological polar surface area (TPSA) is 0 Å². The molecule has 0 spiro atoms. The molecule has 3 radical (unpaired) electrons. The van der Waals surface area contributed by atoms with Gasteiger partial charge in [0, 0.05) is 7.74 Å². The summed E-state index contributed by atoms with van der Waals surface area (Å²) in [5.74, 6) is 0. The molecule has 0 aliphatic rings. The van der Waals surface area contributed by atoms with E-state index in [0.29, 0.717) is 5.41 Å². The average molecular weight is 313 g/mol. The fraction of sp³-hybridized carbons (Fsp3) is 0.810. The van der Waals surface area contributed by atoms with Crippen LogP contribution in [0.2, 0.25) is 0 Å². The number of hydrogen-bond donors (Lipinski definition) is 0. The highest BCUT2D eigenvalue weighted by molar-refractivity contribution is 6.93. The zero-order valence-electron chi connectivity index (χ0n) is 17.4. The van der Waals surface area contributed by atoms with E-state index >= 15 is 0 Å². The normalized spacial score (nSPS) is 13.8. The maximum atomic E-state index is 5.61. The van der Waals surface area contributed by atoms with Crippen molar-refractivity contribution in [3.8, 4) is 0 Å². The van der Waals surface area contributed by atoms with Crippen LogP contribution in [0, 0.1) is 21.7 Å². The van der Waals surface area contributed by atoms with Crippen molar-refractivity contribution in [2.75, 3.05) is 0 Å². The number of hydrogen-bond acceptors (Lipinski definition) is 0. The van der Waals surface area contributed by atoms with E-state index in [2.05, 4.69) is 75.5 Å². The van der Waals surface area contributed by atoms with E-state index in [0.717, 1.165) is 31.2 Å². The molecular formula is C21H39B2. The van der Waals surface area contributed by atoms with Crippen LogP contribution in [-0.2, 0) is 0 Å². The molecule has 2 heteroatoms. The summed E-state index contributed by atoms with van der Waals surface area (Å²) in [4.78, 5) is 0. The molecule has 0 bridgehead atoms. The van der Waals surface area contributed by atoms with Gasteiger partial charge in [0.15, 0.2) is 0 Å². The van der Waals surface area contributed by atoms with Crippen molar-refractivity contribution in [3.63, 3.8) is 0 Å². The van der Waals surface area contributed by atoms with E-state index in [9.17, 15) is 0 Å². The first-order valence-electron chi connectivity index (χ1n) is 8.91. The van der Waals surface area contributed by atoms with Gasteiger partial charge in [0.1, 0.15) is 0 Å². The minimum absolute atomic E-state index is 0.157. The van der Waals surface area contributed by atoms with Crippen LogP contribution in [0.5, 0.6) is 0 Å². The molecule has 0 saturated heterocycles. The summed E-state index contributed by atoms with van der Waals surface area (Å²) in [6.45, 7) is 29.4. The summed E-state index contributed by atoms with van der Waals surface area (Å²) in [6, 6.07) is 0. The summed E-state index contributed by atoms with van der Waals surface area (Å²) in [5.41, 5.74) is 3.31. The smallest absolute Gasteiger partial charge is 0.0893 e. The maximum Gasteiger partial charge on any atom is 0.0893 e. The lowest BCUT2D eigenvalue weighted by Gasteiger charge is -2.42. The molecule has 0 aromatic carbocycles. The molecule has 0 N–H and O–H groups in total. The molecule has 0 aliphatic carbocycles. The van der Waals surface area contributed by atoms with E-state index in [4.69, 9.17) is 7.74 Å². The van der Waals surface area contributed by atoms with Gasteiger partial charge in [-0.05, 0) is 47.3 Å². The van der Waals surface area contributed by atoms with Gasteiger partial charge in [-0.1, -0.05) is 74.5 Å².